The van der Waals surface area contributed by atoms with E-state index < -0.39 is 0 Å². The van der Waals surface area contributed by atoms with Crippen molar-refractivity contribution in [2.75, 3.05) is 0 Å². The van der Waals surface area contributed by atoms with Gasteiger partial charge in [0.15, 0.2) is 0 Å². The van der Waals surface area contributed by atoms with Gasteiger partial charge in [-0.2, -0.15) is 0 Å². The molecule has 20 heavy (non-hydrogen) atoms. The fraction of sp³-hybridized carbons (Fsp3) is 0.333. The monoisotopic (exact) mass is 266 g/mol. The molecule has 0 saturated heterocycles. The Morgan fingerprint density at radius 2 is 1.80 bits per heavy atom. The van der Waals surface area contributed by atoms with Crippen molar-refractivity contribution in [3.05, 3.63) is 70.8 Å². The quantitative estimate of drug-likeness (QED) is 0.659. The minimum Gasteiger partial charge on any atom is -0.271 e. The maximum atomic E-state index is 5.82. The lowest BCUT2D eigenvalue weighted by atomic mass is 9.91. The third kappa shape index (κ3) is 2.77. The van der Waals surface area contributed by atoms with Crippen molar-refractivity contribution in [3.63, 3.8) is 0 Å². The van der Waals surface area contributed by atoms with Gasteiger partial charge in [0.05, 0.1) is 0 Å². The third-order valence-corrected chi connectivity index (χ3v) is 4.40. The lowest BCUT2D eigenvalue weighted by Crippen LogP contribution is -2.42. The summed E-state index contributed by atoms with van der Waals surface area (Å²) in [5, 5.41) is 0. The summed E-state index contributed by atoms with van der Waals surface area (Å²) in [7, 11) is 0. The number of nitrogens with two attached hydrogens (primary N) is 1. The van der Waals surface area contributed by atoms with E-state index in [1.165, 1.54) is 22.3 Å². The van der Waals surface area contributed by atoms with Crippen molar-refractivity contribution in [1.29, 1.82) is 0 Å². The zero-order valence-electron chi connectivity index (χ0n) is 12.0. The molecule has 0 aromatic heterocycles. The molecule has 1 aliphatic rings. The zero-order chi connectivity index (χ0) is 13.9. The summed E-state index contributed by atoms with van der Waals surface area (Å²) in [6.07, 6.45) is 3.27. The van der Waals surface area contributed by atoms with Crippen LogP contribution in [0.15, 0.2) is 48.5 Å². The van der Waals surface area contributed by atoms with E-state index in [0.29, 0.717) is 12.0 Å². The molecule has 0 radical (unpaired) electrons. The SMILES string of the molecule is Cc1cccc(CC(NN)C2Cc3ccccc3C2)c1. The normalized spacial score (nSPS) is 16.1. The van der Waals surface area contributed by atoms with Crippen LogP contribution in [0.2, 0.25) is 0 Å². The van der Waals surface area contributed by atoms with Gasteiger partial charge in [-0.25, -0.2) is 0 Å². The summed E-state index contributed by atoms with van der Waals surface area (Å²) in [6, 6.07) is 17.8. The van der Waals surface area contributed by atoms with Crippen LogP contribution >= 0.6 is 0 Å². The van der Waals surface area contributed by atoms with Gasteiger partial charge >= 0.3 is 0 Å². The second-order valence-electron chi connectivity index (χ2n) is 5.90. The molecule has 0 saturated carbocycles. The molecule has 104 valence electrons. The number of aryl methyl sites for hydroxylation is 1. The summed E-state index contributed by atoms with van der Waals surface area (Å²) in [4.78, 5) is 0. The first kappa shape index (κ1) is 13.3. The molecule has 1 aliphatic carbocycles. The number of benzene rings is 2. The second kappa shape index (κ2) is 5.78. The van der Waals surface area contributed by atoms with Crippen LogP contribution in [0.5, 0.6) is 0 Å². The molecule has 0 fully saturated rings. The summed E-state index contributed by atoms with van der Waals surface area (Å²) in [6.45, 7) is 2.14. The second-order valence-corrected chi connectivity index (χ2v) is 5.90. The molecule has 2 aromatic rings. The third-order valence-electron chi connectivity index (χ3n) is 4.40. The average molecular weight is 266 g/mol. The van der Waals surface area contributed by atoms with E-state index in [-0.39, 0.29) is 0 Å². The van der Waals surface area contributed by atoms with Gasteiger partial charge in [-0.05, 0) is 48.8 Å². The molecular formula is C18H22N2. The number of fused-ring (bicyclic) bond motifs is 1. The average Bonchev–Trinajstić information content (AvgIpc) is 2.88. The van der Waals surface area contributed by atoms with Gasteiger partial charge in [0, 0.05) is 6.04 Å². The first-order valence-corrected chi connectivity index (χ1v) is 7.34. The van der Waals surface area contributed by atoms with Crippen molar-refractivity contribution in [3.8, 4) is 0 Å². The molecule has 2 aromatic carbocycles. The topological polar surface area (TPSA) is 38.0 Å². The Morgan fingerprint density at radius 3 is 2.40 bits per heavy atom. The Hall–Kier alpha value is -1.64. The summed E-state index contributed by atoms with van der Waals surface area (Å²) in [5.41, 5.74) is 8.70. The fourth-order valence-corrected chi connectivity index (χ4v) is 3.33. The minimum absolute atomic E-state index is 0.337. The van der Waals surface area contributed by atoms with Gasteiger partial charge in [0.1, 0.15) is 0 Å². The van der Waals surface area contributed by atoms with Gasteiger partial charge in [0.2, 0.25) is 0 Å². The Morgan fingerprint density at radius 1 is 1.10 bits per heavy atom. The maximum absolute atomic E-state index is 5.82. The lowest BCUT2D eigenvalue weighted by molar-refractivity contribution is 0.367. The van der Waals surface area contributed by atoms with Crippen LogP contribution in [-0.2, 0) is 19.3 Å². The van der Waals surface area contributed by atoms with E-state index in [2.05, 4.69) is 60.9 Å². The standard InChI is InChI=1S/C18H22N2/c1-13-5-4-6-14(9-13)10-18(20-19)17-11-15-7-2-3-8-16(15)12-17/h2-9,17-18,20H,10-12,19H2,1H3. The van der Waals surface area contributed by atoms with E-state index in [0.717, 1.165) is 19.3 Å². The maximum Gasteiger partial charge on any atom is 0.0285 e. The van der Waals surface area contributed by atoms with Crippen molar-refractivity contribution in [2.45, 2.75) is 32.2 Å². The molecule has 0 amide bonds. The first-order valence-electron chi connectivity index (χ1n) is 7.34. The highest BCUT2D eigenvalue weighted by molar-refractivity contribution is 5.33. The van der Waals surface area contributed by atoms with Crippen LogP contribution in [0.3, 0.4) is 0 Å². The van der Waals surface area contributed by atoms with Gasteiger partial charge in [-0.1, -0.05) is 54.1 Å². The van der Waals surface area contributed by atoms with Crippen LogP contribution in [0, 0.1) is 12.8 Å². The van der Waals surface area contributed by atoms with E-state index >= 15 is 0 Å². The lowest BCUT2D eigenvalue weighted by Gasteiger charge is -2.23. The highest BCUT2D eigenvalue weighted by Crippen LogP contribution is 2.29. The number of hydrogen-bond donors (Lipinski definition) is 2. The largest absolute Gasteiger partial charge is 0.271 e. The molecule has 2 heteroatoms. The molecule has 2 nitrogen and oxygen atoms in total. The first-order chi connectivity index (χ1) is 9.76. The van der Waals surface area contributed by atoms with E-state index in [9.17, 15) is 0 Å². The predicted octanol–water partition coefficient (Wildman–Crippen LogP) is 2.78. The van der Waals surface area contributed by atoms with Crippen LogP contribution < -0.4 is 11.3 Å². The number of hydrazine groups is 1. The fourth-order valence-electron chi connectivity index (χ4n) is 3.33. The molecule has 3 N–H and O–H groups in total. The van der Waals surface area contributed by atoms with Crippen LogP contribution in [0.4, 0.5) is 0 Å². The van der Waals surface area contributed by atoms with Gasteiger partial charge in [-0.3, -0.25) is 11.3 Å². The van der Waals surface area contributed by atoms with Gasteiger partial charge in [0.25, 0.3) is 0 Å². The Balaban J connectivity index is 1.72. The van der Waals surface area contributed by atoms with E-state index in [4.69, 9.17) is 5.84 Å². The van der Waals surface area contributed by atoms with Gasteiger partial charge < -0.3 is 0 Å². The smallest absolute Gasteiger partial charge is 0.0285 e. The Labute approximate surface area is 121 Å². The molecule has 1 unspecified atom stereocenters. The Bertz CT molecular complexity index is 566. The molecular weight excluding hydrogens is 244 g/mol. The molecule has 0 aliphatic heterocycles. The number of nitrogens with one attached hydrogen (secondary N) is 1. The van der Waals surface area contributed by atoms with E-state index in [1.807, 2.05) is 0 Å². The number of rotatable bonds is 4. The highest BCUT2D eigenvalue weighted by Gasteiger charge is 2.27. The summed E-state index contributed by atoms with van der Waals surface area (Å²) >= 11 is 0. The molecule has 0 spiro atoms. The van der Waals surface area contributed by atoms with Crippen molar-refractivity contribution in [2.24, 2.45) is 11.8 Å². The van der Waals surface area contributed by atoms with Crippen LogP contribution in [0.25, 0.3) is 0 Å². The molecule has 3 rings (SSSR count). The Kier molecular flexibility index (Phi) is 3.86. The minimum atomic E-state index is 0.337. The molecule has 0 bridgehead atoms. The molecule has 1 atom stereocenters. The van der Waals surface area contributed by atoms with Gasteiger partial charge in [-0.15, -0.1) is 0 Å². The van der Waals surface area contributed by atoms with Crippen molar-refractivity contribution >= 4 is 0 Å². The summed E-state index contributed by atoms with van der Waals surface area (Å²) in [5.74, 6) is 6.42. The van der Waals surface area contributed by atoms with Crippen molar-refractivity contribution < 1.29 is 0 Å². The highest BCUT2D eigenvalue weighted by atomic mass is 15.2. The molecule has 0 heterocycles. The van der Waals surface area contributed by atoms with Crippen molar-refractivity contribution in [1.82, 2.24) is 5.43 Å². The number of hydrogen-bond acceptors (Lipinski definition) is 2. The summed E-state index contributed by atoms with van der Waals surface area (Å²) < 4.78 is 0. The van der Waals surface area contributed by atoms with E-state index in [1.54, 1.807) is 0 Å². The zero-order valence-corrected chi connectivity index (χ0v) is 12.0. The van der Waals surface area contributed by atoms with Crippen LogP contribution in [0.1, 0.15) is 22.3 Å². The van der Waals surface area contributed by atoms with Crippen LogP contribution in [-0.4, -0.2) is 6.04 Å². The predicted molar refractivity (Wildman–Crippen MR) is 83.3 cm³/mol.